The van der Waals surface area contributed by atoms with Gasteiger partial charge in [-0.25, -0.2) is 9.97 Å². The van der Waals surface area contributed by atoms with Crippen LogP contribution in [0.5, 0.6) is 5.75 Å². The normalized spacial score (nSPS) is 25.8. The van der Waals surface area contributed by atoms with E-state index in [-0.39, 0.29) is 6.10 Å². The van der Waals surface area contributed by atoms with Crippen LogP contribution in [0.2, 0.25) is 0 Å². The molecule has 1 aromatic carbocycles. The number of hydrogen-bond acceptors (Lipinski definition) is 8. The number of rotatable bonds is 3. The maximum atomic E-state index is 10.8. The molecule has 0 unspecified atom stereocenters. The van der Waals surface area contributed by atoms with Crippen molar-refractivity contribution in [3.63, 3.8) is 0 Å². The highest BCUT2D eigenvalue weighted by Crippen LogP contribution is 2.40. The first-order valence-electron chi connectivity index (χ1n) is 10.7. The molecule has 1 N–H and O–H groups in total. The van der Waals surface area contributed by atoms with E-state index in [1.807, 2.05) is 37.4 Å². The van der Waals surface area contributed by atoms with E-state index in [0.717, 1.165) is 41.9 Å². The van der Waals surface area contributed by atoms with Crippen LogP contribution < -0.4 is 9.64 Å². The van der Waals surface area contributed by atoms with Gasteiger partial charge in [-0.05, 0) is 48.3 Å². The Morgan fingerprint density at radius 2 is 1.97 bits per heavy atom. The van der Waals surface area contributed by atoms with E-state index in [1.54, 1.807) is 6.20 Å². The molecular weight excluding hydrogens is 394 g/mol. The molecular formula is C23H23N5O3. The summed E-state index contributed by atoms with van der Waals surface area (Å²) in [5, 5.41) is 13.0. The van der Waals surface area contributed by atoms with Gasteiger partial charge in [0.2, 0.25) is 0 Å². The molecule has 1 aliphatic carbocycles. The van der Waals surface area contributed by atoms with Crippen molar-refractivity contribution in [2.24, 2.45) is 11.8 Å². The van der Waals surface area contributed by atoms with Gasteiger partial charge in [0, 0.05) is 37.8 Å². The number of anilines is 1. The fourth-order valence-corrected chi connectivity index (χ4v) is 5.08. The summed E-state index contributed by atoms with van der Waals surface area (Å²) in [5.74, 6) is 2.99. The van der Waals surface area contributed by atoms with Crippen molar-refractivity contribution in [3.05, 3.63) is 48.9 Å². The van der Waals surface area contributed by atoms with Crippen LogP contribution in [0.25, 0.3) is 22.0 Å². The summed E-state index contributed by atoms with van der Waals surface area (Å²) in [6.45, 7) is 3.52. The Labute approximate surface area is 178 Å². The van der Waals surface area contributed by atoms with E-state index in [2.05, 4.69) is 24.8 Å². The van der Waals surface area contributed by atoms with Crippen LogP contribution in [0, 0.1) is 18.8 Å². The standard InChI is InChI=1S/C23H23N5O3/c1-13-27-21-22(25-12-26-23(21)30-13)28-10-16-7-19(29)20(8-17(16)11-28)31-18-3-2-14-4-5-24-9-15(14)6-18/h2-6,9,12,16-17,19-20,29H,7-8,10-11H2,1H3/t16-,17+,19+,20+/m0/s1. The molecule has 1 saturated carbocycles. The van der Waals surface area contributed by atoms with Crippen LogP contribution in [-0.4, -0.2) is 50.3 Å². The van der Waals surface area contributed by atoms with E-state index in [4.69, 9.17) is 9.15 Å². The zero-order chi connectivity index (χ0) is 20.9. The molecule has 4 heterocycles. The third-order valence-corrected chi connectivity index (χ3v) is 6.57. The van der Waals surface area contributed by atoms with E-state index >= 15 is 0 Å². The summed E-state index contributed by atoms with van der Waals surface area (Å²) in [7, 11) is 0. The Kier molecular flexibility index (Phi) is 4.27. The van der Waals surface area contributed by atoms with Crippen molar-refractivity contribution >= 4 is 27.8 Å². The van der Waals surface area contributed by atoms with E-state index in [1.165, 1.54) is 6.33 Å². The predicted octanol–water partition coefficient (Wildman–Crippen LogP) is 3.13. The summed E-state index contributed by atoms with van der Waals surface area (Å²) in [4.78, 5) is 19.6. The number of aliphatic hydroxyl groups is 1. The van der Waals surface area contributed by atoms with Gasteiger partial charge in [0.15, 0.2) is 17.2 Å². The molecule has 1 saturated heterocycles. The monoisotopic (exact) mass is 417 g/mol. The minimum Gasteiger partial charge on any atom is -0.488 e. The van der Waals surface area contributed by atoms with Gasteiger partial charge in [-0.15, -0.1) is 0 Å². The lowest BCUT2D eigenvalue weighted by atomic mass is 9.78. The topological polar surface area (TPSA) is 97.4 Å². The van der Waals surface area contributed by atoms with Crippen LogP contribution in [0.15, 0.2) is 47.4 Å². The summed E-state index contributed by atoms with van der Waals surface area (Å²) >= 11 is 0. The number of fused-ring (bicyclic) bond motifs is 3. The second-order valence-electron chi connectivity index (χ2n) is 8.59. The van der Waals surface area contributed by atoms with E-state index < -0.39 is 6.10 Å². The predicted molar refractivity (Wildman–Crippen MR) is 115 cm³/mol. The second-order valence-corrected chi connectivity index (χ2v) is 8.59. The highest BCUT2D eigenvalue weighted by atomic mass is 16.5. The van der Waals surface area contributed by atoms with Gasteiger partial charge in [0.05, 0.1) is 6.10 Å². The number of pyridine rings is 1. The zero-order valence-electron chi connectivity index (χ0n) is 17.2. The maximum absolute atomic E-state index is 10.8. The van der Waals surface area contributed by atoms with Crippen molar-refractivity contribution in [2.75, 3.05) is 18.0 Å². The Balaban J connectivity index is 1.21. The highest BCUT2D eigenvalue weighted by Gasteiger charge is 2.43. The number of aromatic nitrogens is 4. The average molecular weight is 417 g/mol. The summed E-state index contributed by atoms with van der Waals surface area (Å²) < 4.78 is 11.8. The molecule has 8 nitrogen and oxygen atoms in total. The first-order valence-corrected chi connectivity index (χ1v) is 10.7. The lowest BCUT2D eigenvalue weighted by Crippen LogP contribution is -2.42. The first kappa shape index (κ1) is 18.5. The Hall–Kier alpha value is -3.26. The van der Waals surface area contributed by atoms with Crippen LogP contribution in [0.3, 0.4) is 0 Å². The fourth-order valence-electron chi connectivity index (χ4n) is 5.08. The third kappa shape index (κ3) is 3.27. The van der Waals surface area contributed by atoms with E-state index in [0.29, 0.717) is 35.4 Å². The first-order chi connectivity index (χ1) is 15.1. The number of hydrogen-bond donors (Lipinski definition) is 1. The number of aliphatic hydroxyl groups excluding tert-OH is 1. The minimum atomic E-state index is -0.495. The van der Waals surface area contributed by atoms with Gasteiger partial charge < -0.3 is 19.2 Å². The fraction of sp³-hybridized carbons (Fsp3) is 0.391. The van der Waals surface area contributed by atoms with Gasteiger partial charge in [0.1, 0.15) is 18.2 Å². The minimum absolute atomic E-state index is 0.227. The molecule has 1 aliphatic heterocycles. The van der Waals surface area contributed by atoms with Gasteiger partial charge in [0.25, 0.3) is 5.71 Å². The molecule has 4 aromatic rings. The Bertz CT molecular complexity index is 1260. The largest absolute Gasteiger partial charge is 0.488 e. The highest BCUT2D eigenvalue weighted by molar-refractivity contribution is 5.83. The molecule has 6 rings (SSSR count). The van der Waals surface area contributed by atoms with Crippen LogP contribution in [-0.2, 0) is 0 Å². The lowest BCUT2D eigenvalue weighted by Gasteiger charge is -2.35. The molecule has 3 aromatic heterocycles. The molecule has 0 amide bonds. The lowest BCUT2D eigenvalue weighted by molar-refractivity contribution is -0.0230. The zero-order valence-corrected chi connectivity index (χ0v) is 17.2. The van der Waals surface area contributed by atoms with Crippen molar-refractivity contribution in [1.82, 2.24) is 19.9 Å². The van der Waals surface area contributed by atoms with Gasteiger partial charge in [-0.3, -0.25) is 4.98 Å². The van der Waals surface area contributed by atoms with Crippen LogP contribution in [0.4, 0.5) is 5.82 Å². The maximum Gasteiger partial charge on any atom is 0.252 e. The van der Waals surface area contributed by atoms with Crippen molar-refractivity contribution in [1.29, 1.82) is 0 Å². The van der Waals surface area contributed by atoms with Crippen molar-refractivity contribution in [3.8, 4) is 5.75 Å². The van der Waals surface area contributed by atoms with Gasteiger partial charge >= 0.3 is 0 Å². The SMILES string of the molecule is Cc1nc2c(N3C[C@H]4C[C@@H](Oc5ccc6ccncc6c5)[C@H](O)C[C@H]4C3)ncnc2o1. The number of benzene rings is 1. The van der Waals surface area contributed by atoms with Gasteiger partial charge in [-0.1, -0.05) is 6.07 Å². The average Bonchev–Trinajstić information content (AvgIpc) is 3.35. The molecule has 31 heavy (non-hydrogen) atoms. The van der Waals surface area contributed by atoms with Crippen LogP contribution in [0.1, 0.15) is 18.7 Å². The number of oxazole rings is 1. The van der Waals surface area contributed by atoms with E-state index in [9.17, 15) is 5.11 Å². The molecule has 0 bridgehead atoms. The second kappa shape index (κ2) is 7.16. The smallest absolute Gasteiger partial charge is 0.252 e. The summed E-state index contributed by atoms with van der Waals surface area (Å²) in [6.07, 6.45) is 5.94. The quantitative estimate of drug-likeness (QED) is 0.543. The molecule has 2 aliphatic rings. The van der Waals surface area contributed by atoms with Gasteiger partial charge in [-0.2, -0.15) is 4.98 Å². The molecule has 4 atom stereocenters. The number of nitrogens with zero attached hydrogens (tertiary/aromatic N) is 5. The Morgan fingerprint density at radius 1 is 1.10 bits per heavy atom. The third-order valence-electron chi connectivity index (χ3n) is 6.57. The molecule has 8 heteroatoms. The Morgan fingerprint density at radius 3 is 2.87 bits per heavy atom. The van der Waals surface area contributed by atoms with Crippen molar-refractivity contribution < 1.29 is 14.3 Å². The molecule has 0 spiro atoms. The molecule has 0 radical (unpaired) electrons. The number of aryl methyl sites for hydroxylation is 1. The summed E-state index contributed by atoms with van der Waals surface area (Å²) in [6, 6.07) is 7.97. The van der Waals surface area contributed by atoms with Crippen molar-refractivity contribution in [2.45, 2.75) is 32.0 Å². The summed E-state index contributed by atoms with van der Waals surface area (Å²) in [5.41, 5.74) is 1.22. The number of ether oxygens (including phenoxy) is 1. The molecule has 2 fully saturated rings. The molecule has 158 valence electrons. The van der Waals surface area contributed by atoms with Crippen LogP contribution >= 0.6 is 0 Å².